The van der Waals surface area contributed by atoms with Crippen LogP contribution in [-0.2, 0) is 13.6 Å². The van der Waals surface area contributed by atoms with Crippen LogP contribution in [0.4, 0.5) is 0 Å². The molecule has 1 aliphatic heterocycles. The molecule has 6 heteroatoms. The molecule has 3 heterocycles. The fourth-order valence-electron chi connectivity index (χ4n) is 3.73. The smallest absolute Gasteiger partial charge is 0.273 e. The summed E-state index contributed by atoms with van der Waals surface area (Å²) in [6, 6.07) is 8.40. The molecule has 132 valence electrons. The summed E-state index contributed by atoms with van der Waals surface area (Å²) in [6.45, 7) is 1.31. The van der Waals surface area contributed by atoms with Crippen LogP contribution in [0, 0.1) is 0 Å². The van der Waals surface area contributed by atoms with E-state index in [2.05, 4.69) is 28.3 Å². The first kappa shape index (κ1) is 15.8. The van der Waals surface area contributed by atoms with Crippen LogP contribution in [0.1, 0.15) is 56.9 Å². The highest BCUT2D eigenvalue weighted by Crippen LogP contribution is 2.41. The lowest BCUT2D eigenvalue weighted by Crippen LogP contribution is -2.38. The molecule has 1 amide bonds. The highest BCUT2D eigenvalue weighted by atomic mass is 32.1. The van der Waals surface area contributed by atoms with Crippen molar-refractivity contribution >= 4 is 17.2 Å². The zero-order valence-corrected chi connectivity index (χ0v) is 15.4. The molecular formula is C20H20N4OS. The van der Waals surface area contributed by atoms with Crippen molar-refractivity contribution in [3.05, 3.63) is 69.4 Å². The molecule has 0 spiro atoms. The Labute approximate surface area is 156 Å². The minimum Gasteiger partial charge on any atom is -0.332 e. The van der Waals surface area contributed by atoms with Gasteiger partial charge in [-0.2, -0.15) is 5.10 Å². The number of thiazole rings is 1. The maximum Gasteiger partial charge on any atom is 0.273 e. The Hall–Kier alpha value is -2.47. The van der Waals surface area contributed by atoms with Crippen molar-refractivity contribution in [2.45, 2.75) is 31.2 Å². The third-order valence-electron chi connectivity index (χ3n) is 5.28. The summed E-state index contributed by atoms with van der Waals surface area (Å²) in [6.07, 6.45) is 6.37. The Balaban J connectivity index is 1.47. The highest BCUT2D eigenvalue weighted by Gasteiger charge is 2.32. The molecule has 26 heavy (non-hydrogen) atoms. The number of rotatable bonds is 3. The summed E-state index contributed by atoms with van der Waals surface area (Å²) in [4.78, 5) is 19.6. The normalized spacial score (nSPS) is 19.4. The number of hydrogen-bond donors (Lipinski definition) is 0. The predicted molar refractivity (Wildman–Crippen MR) is 100 cm³/mol. The number of hydrogen-bond acceptors (Lipinski definition) is 4. The SMILES string of the molecule is Cn1cc(C2CN(C(=O)c3csc(C4CC4)n3)Cc3ccccc32)cn1. The average Bonchev–Trinajstić information content (AvgIpc) is 3.23. The van der Waals surface area contributed by atoms with Gasteiger partial charge in [0.15, 0.2) is 0 Å². The Kier molecular flexibility index (Phi) is 3.67. The number of carbonyl (C=O) groups excluding carboxylic acids is 1. The molecule has 2 aromatic heterocycles. The Morgan fingerprint density at radius 3 is 2.88 bits per heavy atom. The van der Waals surface area contributed by atoms with Gasteiger partial charge in [0.2, 0.25) is 0 Å². The molecule has 0 N–H and O–H groups in total. The largest absolute Gasteiger partial charge is 0.332 e. The van der Waals surface area contributed by atoms with Crippen molar-refractivity contribution in [3.63, 3.8) is 0 Å². The number of benzene rings is 1. The lowest BCUT2D eigenvalue weighted by molar-refractivity contribution is 0.0719. The maximum absolute atomic E-state index is 13.1. The van der Waals surface area contributed by atoms with E-state index in [1.54, 1.807) is 11.3 Å². The minimum absolute atomic E-state index is 0.0385. The van der Waals surface area contributed by atoms with E-state index in [1.165, 1.54) is 24.0 Å². The molecule has 2 aliphatic rings. The van der Waals surface area contributed by atoms with E-state index in [0.717, 1.165) is 10.6 Å². The number of amides is 1. The van der Waals surface area contributed by atoms with Crippen LogP contribution in [0.3, 0.4) is 0 Å². The molecule has 1 atom stereocenters. The van der Waals surface area contributed by atoms with Crippen LogP contribution >= 0.6 is 11.3 Å². The van der Waals surface area contributed by atoms with Gasteiger partial charge in [-0.05, 0) is 29.5 Å². The topological polar surface area (TPSA) is 51.0 Å². The van der Waals surface area contributed by atoms with E-state index in [1.807, 2.05) is 40.5 Å². The molecule has 0 radical (unpaired) electrons. The molecule has 5 rings (SSSR count). The second kappa shape index (κ2) is 6.06. The van der Waals surface area contributed by atoms with E-state index in [9.17, 15) is 4.79 Å². The van der Waals surface area contributed by atoms with Gasteiger partial charge in [-0.1, -0.05) is 24.3 Å². The summed E-state index contributed by atoms with van der Waals surface area (Å²) in [5.74, 6) is 0.780. The van der Waals surface area contributed by atoms with E-state index < -0.39 is 0 Å². The van der Waals surface area contributed by atoms with E-state index in [0.29, 0.717) is 24.7 Å². The Bertz CT molecular complexity index is 972. The van der Waals surface area contributed by atoms with Gasteiger partial charge in [-0.3, -0.25) is 9.48 Å². The van der Waals surface area contributed by atoms with Crippen LogP contribution in [0.25, 0.3) is 0 Å². The molecular weight excluding hydrogens is 344 g/mol. The van der Waals surface area contributed by atoms with Gasteiger partial charge in [0.25, 0.3) is 5.91 Å². The van der Waals surface area contributed by atoms with Crippen molar-refractivity contribution < 1.29 is 4.79 Å². The number of nitrogens with zero attached hydrogens (tertiary/aromatic N) is 4. The van der Waals surface area contributed by atoms with Crippen molar-refractivity contribution in [2.24, 2.45) is 7.05 Å². The van der Waals surface area contributed by atoms with Crippen LogP contribution in [0.2, 0.25) is 0 Å². The molecule has 1 saturated carbocycles. The standard InChI is InChI=1S/C20H20N4OS/c1-23-9-15(8-21-23)17-11-24(10-14-4-2-3-5-16(14)17)20(25)18-12-26-19(22-18)13-6-7-13/h2-5,8-9,12-13,17H,6-7,10-11H2,1H3. The first-order valence-electron chi connectivity index (χ1n) is 9.00. The van der Waals surface area contributed by atoms with Gasteiger partial charge in [0, 0.05) is 43.5 Å². The lowest BCUT2D eigenvalue weighted by atomic mass is 9.86. The molecule has 0 saturated heterocycles. The number of fused-ring (bicyclic) bond motifs is 1. The minimum atomic E-state index is 0.0385. The van der Waals surface area contributed by atoms with Gasteiger partial charge in [0.1, 0.15) is 5.69 Å². The zero-order valence-electron chi connectivity index (χ0n) is 14.6. The van der Waals surface area contributed by atoms with Crippen molar-refractivity contribution in [2.75, 3.05) is 6.54 Å². The van der Waals surface area contributed by atoms with Crippen molar-refractivity contribution in [1.82, 2.24) is 19.7 Å². The second-order valence-corrected chi connectivity index (χ2v) is 8.12. The fourth-order valence-corrected chi connectivity index (χ4v) is 4.70. The lowest BCUT2D eigenvalue weighted by Gasteiger charge is -2.34. The van der Waals surface area contributed by atoms with E-state index in [-0.39, 0.29) is 11.8 Å². The highest BCUT2D eigenvalue weighted by molar-refractivity contribution is 7.10. The Morgan fingerprint density at radius 2 is 2.12 bits per heavy atom. The quantitative estimate of drug-likeness (QED) is 0.714. The first-order valence-corrected chi connectivity index (χ1v) is 9.88. The van der Waals surface area contributed by atoms with Crippen molar-refractivity contribution in [3.8, 4) is 0 Å². The van der Waals surface area contributed by atoms with Gasteiger partial charge in [-0.15, -0.1) is 11.3 Å². The summed E-state index contributed by atoms with van der Waals surface area (Å²) < 4.78 is 1.82. The zero-order chi connectivity index (χ0) is 17.7. The summed E-state index contributed by atoms with van der Waals surface area (Å²) in [5, 5.41) is 7.37. The Morgan fingerprint density at radius 1 is 1.27 bits per heavy atom. The third kappa shape index (κ3) is 2.74. The molecule has 5 nitrogen and oxygen atoms in total. The summed E-state index contributed by atoms with van der Waals surface area (Å²) in [7, 11) is 1.93. The monoisotopic (exact) mass is 364 g/mol. The van der Waals surface area contributed by atoms with Crippen LogP contribution in [0.15, 0.2) is 42.0 Å². The van der Waals surface area contributed by atoms with Gasteiger partial charge < -0.3 is 4.90 Å². The molecule has 1 aromatic carbocycles. The molecule has 1 unspecified atom stereocenters. The van der Waals surface area contributed by atoms with E-state index >= 15 is 0 Å². The van der Waals surface area contributed by atoms with Crippen LogP contribution < -0.4 is 0 Å². The van der Waals surface area contributed by atoms with Gasteiger partial charge in [-0.25, -0.2) is 4.98 Å². The molecule has 3 aromatic rings. The average molecular weight is 364 g/mol. The fraction of sp³-hybridized carbons (Fsp3) is 0.350. The molecule has 1 fully saturated rings. The number of carbonyl (C=O) groups is 1. The second-order valence-electron chi connectivity index (χ2n) is 7.23. The van der Waals surface area contributed by atoms with Gasteiger partial charge in [0.05, 0.1) is 11.2 Å². The van der Waals surface area contributed by atoms with Gasteiger partial charge >= 0.3 is 0 Å². The molecule has 0 bridgehead atoms. The number of aromatic nitrogens is 3. The maximum atomic E-state index is 13.1. The summed E-state index contributed by atoms with van der Waals surface area (Å²) in [5.41, 5.74) is 4.25. The third-order valence-corrected chi connectivity index (χ3v) is 6.28. The predicted octanol–water partition coefficient (Wildman–Crippen LogP) is 3.54. The van der Waals surface area contributed by atoms with Crippen LogP contribution in [-0.4, -0.2) is 32.1 Å². The van der Waals surface area contributed by atoms with E-state index in [4.69, 9.17) is 0 Å². The van der Waals surface area contributed by atoms with Crippen LogP contribution in [0.5, 0.6) is 0 Å². The first-order chi connectivity index (χ1) is 12.7. The number of aryl methyl sites for hydroxylation is 1. The summed E-state index contributed by atoms with van der Waals surface area (Å²) >= 11 is 1.63. The molecule has 1 aliphatic carbocycles. The van der Waals surface area contributed by atoms with Crippen molar-refractivity contribution in [1.29, 1.82) is 0 Å².